The Bertz CT molecular complexity index is 231. The second kappa shape index (κ2) is 5.13. The summed E-state index contributed by atoms with van der Waals surface area (Å²) >= 11 is 0. The average molecular weight is 208 g/mol. The Hall–Kier alpha value is -0.340. The van der Waals surface area contributed by atoms with E-state index in [4.69, 9.17) is 0 Å². The fourth-order valence-corrected chi connectivity index (χ4v) is 2.24. The van der Waals surface area contributed by atoms with Crippen LogP contribution in [0.5, 0.6) is 0 Å². The molecule has 2 nitrogen and oxygen atoms in total. The minimum Gasteiger partial charge on any atom is -0.312 e. The quantitative estimate of drug-likeness (QED) is 0.697. The standard InChI is InChI=1S/C13H24N2/c1-3-13(10-14-12-4-5-12)15-8-6-11(2)7-9-15/h6,12-14H,3-5,7-10H2,1-2H3. The van der Waals surface area contributed by atoms with Gasteiger partial charge in [0.1, 0.15) is 0 Å². The van der Waals surface area contributed by atoms with Crippen molar-refractivity contribution < 1.29 is 0 Å². The van der Waals surface area contributed by atoms with Gasteiger partial charge in [-0.1, -0.05) is 18.6 Å². The minimum absolute atomic E-state index is 0.745. The van der Waals surface area contributed by atoms with Crippen molar-refractivity contribution in [2.75, 3.05) is 19.6 Å². The Balaban J connectivity index is 1.77. The smallest absolute Gasteiger partial charge is 0.0221 e. The number of nitrogens with zero attached hydrogens (tertiary/aromatic N) is 1. The van der Waals surface area contributed by atoms with E-state index in [-0.39, 0.29) is 0 Å². The van der Waals surface area contributed by atoms with Gasteiger partial charge >= 0.3 is 0 Å². The first-order chi connectivity index (χ1) is 7.29. The van der Waals surface area contributed by atoms with Crippen LogP contribution in [0.2, 0.25) is 0 Å². The zero-order valence-electron chi connectivity index (χ0n) is 10.1. The molecule has 1 heterocycles. The summed E-state index contributed by atoms with van der Waals surface area (Å²) in [5.41, 5.74) is 1.57. The van der Waals surface area contributed by atoms with Crippen LogP contribution < -0.4 is 5.32 Å². The van der Waals surface area contributed by atoms with Crippen molar-refractivity contribution >= 4 is 0 Å². The fourth-order valence-electron chi connectivity index (χ4n) is 2.24. The molecule has 86 valence electrons. The molecule has 0 aromatic rings. The lowest BCUT2D eigenvalue weighted by Gasteiger charge is -2.33. The lowest BCUT2D eigenvalue weighted by Crippen LogP contribution is -2.44. The normalized spacial score (nSPS) is 25.1. The Labute approximate surface area is 93.7 Å². The van der Waals surface area contributed by atoms with Crippen molar-refractivity contribution in [2.24, 2.45) is 0 Å². The molecule has 2 rings (SSSR count). The number of nitrogens with one attached hydrogen (secondary N) is 1. The monoisotopic (exact) mass is 208 g/mol. The van der Waals surface area contributed by atoms with E-state index in [1.165, 1.54) is 38.8 Å². The van der Waals surface area contributed by atoms with Gasteiger partial charge in [-0.15, -0.1) is 0 Å². The van der Waals surface area contributed by atoms with E-state index in [0.29, 0.717) is 0 Å². The van der Waals surface area contributed by atoms with Gasteiger partial charge in [0.2, 0.25) is 0 Å². The molecule has 2 heteroatoms. The van der Waals surface area contributed by atoms with Gasteiger partial charge in [0.25, 0.3) is 0 Å². The largest absolute Gasteiger partial charge is 0.312 e. The minimum atomic E-state index is 0.745. The van der Waals surface area contributed by atoms with Crippen LogP contribution in [0.3, 0.4) is 0 Å². The third-order valence-electron chi connectivity index (χ3n) is 3.67. The lowest BCUT2D eigenvalue weighted by atomic mass is 10.1. The summed E-state index contributed by atoms with van der Waals surface area (Å²) in [6.07, 6.45) is 7.72. The molecule has 0 amide bonds. The van der Waals surface area contributed by atoms with Gasteiger partial charge < -0.3 is 5.32 Å². The molecule has 1 unspecified atom stereocenters. The van der Waals surface area contributed by atoms with Crippen LogP contribution in [0.15, 0.2) is 11.6 Å². The topological polar surface area (TPSA) is 15.3 Å². The Kier molecular flexibility index (Phi) is 3.81. The Morgan fingerprint density at radius 2 is 2.33 bits per heavy atom. The van der Waals surface area contributed by atoms with Crippen LogP contribution in [-0.4, -0.2) is 36.6 Å². The third-order valence-corrected chi connectivity index (χ3v) is 3.67. The van der Waals surface area contributed by atoms with Crippen LogP contribution >= 0.6 is 0 Å². The van der Waals surface area contributed by atoms with Crippen LogP contribution in [0.25, 0.3) is 0 Å². The molecule has 1 atom stereocenters. The van der Waals surface area contributed by atoms with Gasteiger partial charge in [-0.25, -0.2) is 0 Å². The van der Waals surface area contributed by atoms with Gasteiger partial charge in [-0.3, -0.25) is 4.90 Å². The second-order valence-corrected chi connectivity index (χ2v) is 5.04. The number of hydrogen-bond donors (Lipinski definition) is 1. The van der Waals surface area contributed by atoms with Crippen LogP contribution in [-0.2, 0) is 0 Å². The Morgan fingerprint density at radius 3 is 2.87 bits per heavy atom. The molecule has 15 heavy (non-hydrogen) atoms. The van der Waals surface area contributed by atoms with Crippen molar-refractivity contribution in [1.82, 2.24) is 10.2 Å². The maximum Gasteiger partial charge on any atom is 0.0221 e. The summed E-state index contributed by atoms with van der Waals surface area (Å²) in [6.45, 7) is 8.17. The lowest BCUT2D eigenvalue weighted by molar-refractivity contribution is 0.200. The predicted octanol–water partition coefficient (Wildman–Crippen LogP) is 2.17. The number of rotatable bonds is 5. The Morgan fingerprint density at radius 1 is 1.53 bits per heavy atom. The first-order valence-electron chi connectivity index (χ1n) is 6.42. The molecular formula is C13H24N2. The average Bonchev–Trinajstić information content (AvgIpc) is 3.05. The highest BCUT2D eigenvalue weighted by molar-refractivity contribution is 5.04. The summed E-state index contributed by atoms with van der Waals surface area (Å²) in [7, 11) is 0. The van der Waals surface area contributed by atoms with E-state index in [0.717, 1.165) is 18.6 Å². The van der Waals surface area contributed by atoms with Crippen LogP contribution in [0.4, 0.5) is 0 Å². The summed E-state index contributed by atoms with van der Waals surface area (Å²) in [6, 6.07) is 1.59. The molecule has 0 bridgehead atoms. The second-order valence-electron chi connectivity index (χ2n) is 5.04. The molecule has 1 aliphatic heterocycles. The highest BCUT2D eigenvalue weighted by atomic mass is 15.2. The highest BCUT2D eigenvalue weighted by Crippen LogP contribution is 2.20. The zero-order chi connectivity index (χ0) is 10.7. The van der Waals surface area contributed by atoms with Crippen molar-refractivity contribution in [3.05, 3.63) is 11.6 Å². The van der Waals surface area contributed by atoms with E-state index in [9.17, 15) is 0 Å². The van der Waals surface area contributed by atoms with Crippen LogP contribution in [0, 0.1) is 0 Å². The van der Waals surface area contributed by atoms with Gasteiger partial charge in [0.05, 0.1) is 0 Å². The maximum atomic E-state index is 3.65. The first kappa shape index (κ1) is 11.2. The maximum absolute atomic E-state index is 3.65. The van der Waals surface area contributed by atoms with E-state index in [1.54, 1.807) is 5.57 Å². The number of hydrogen-bond acceptors (Lipinski definition) is 2. The van der Waals surface area contributed by atoms with Gasteiger partial charge in [0, 0.05) is 31.7 Å². The molecule has 0 radical (unpaired) electrons. The summed E-state index contributed by atoms with van der Waals surface area (Å²) in [5.74, 6) is 0. The molecule has 1 aliphatic carbocycles. The summed E-state index contributed by atoms with van der Waals surface area (Å²) in [5, 5.41) is 3.65. The zero-order valence-corrected chi connectivity index (χ0v) is 10.1. The van der Waals surface area contributed by atoms with E-state index >= 15 is 0 Å². The summed E-state index contributed by atoms with van der Waals surface area (Å²) in [4.78, 5) is 2.63. The third kappa shape index (κ3) is 3.32. The molecule has 1 N–H and O–H groups in total. The van der Waals surface area contributed by atoms with Gasteiger partial charge in [-0.05, 0) is 32.6 Å². The molecule has 1 saturated carbocycles. The molecule has 0 spiro atoms. The van der Waals surface area contributed by atoms with Crippen molar-refractivity contribution in [3.8, 4) is 0 Å². The molecule has 2 aliphatic rings. The first-order valence-corrected chi connectivity index (χ1v) is 6.42. The molecule has 0 saturated heterocycles. The predicted molar refractivity (Wildman–Crippen MR) is 65.1 cm³/mol. The van der Waals surface area contributed by atoms with Crippen molar-refractivity contribution in [3.63, 3.8) is 0 Å². The SMILES string of the molecule is CCC(CNC1CC1)N1CC=C(C)CC1. The van der Waals surface area contributed by atoms with E-state index in [1.807, 2.05) is 0 Å². The van der Waals surface area contributed by atoms with Crippen molar-refractivity contribution in [2.45, 2.75) is 51.6 Å². The summed E-state index contributed by atoms with van der Waals surface area (Å²) < 4.78 is 0. The van der Waals surface area contributed by atoms with Gasteiger partial charge in [0.15, 0.2) is 0 Å². The fraction of sp³-hybridized carbons (Fsp3) is 0.846. The molecule has 1 fully saturated rings. The van der Waals surface area contributed by atoms with E-state index in [2.05, 4.69) is 30.1 Å². The van der Waals surface area contributed by atoms with Crippen molar-refractivity contribution in [1.29, 1.82) is 0 Å². The highest BCUT2D eigenvalue weighted by Gasteiger charge is 2.24. The molecule has 0 aromatic heterocycles. The van der Waals surface area contributed by atoms with Gasteiger partial charge in [-0.2, -0.15) is 0 Å². The van der Waals surface area contributed by atoms with Crippen LogP contribution in [0.1, 0.15) is 39.5 Å². The van der Waals surface area contributed by atoms with E-state index < -0.39 is 0 Å². The molecule has 0 aromatic carbocycles. The molecular weight excluding hydrogens is 184 g/mol.